The number of nitrogens with zero attached hydrogens (tertiary/aromatic N) is 3. The lowest BCUT2D eigenvalue weighted by atomic mass is 9.91. The Hall–Kier alpha value is -4.69. The number of likely N-dealkylation sites (tertiary alicyclic amines) is 2. The molecule has 0 atom stereocenters. The molecule has 6 rings (SSSR count). The number of carboxylic acids is 3. The molecule has 1 aliphatic carbocycles. The largest absolute Gasteiger partial charge is 0.490 e. The van der Waals surface area contributed by atoms with E-state index in [1.54, 1.807) is 0 Å². The summed E-state index contributed by atoms with van der Waals surface area (Å²) in [7, 11) is -4.19. The van der Waals surface area contributed by atoms with Gasteiger partial charge >= 0.3 is 36.4 Å². The number of sulfonamides is 1. The second-order valence-electron chi connectivity index (χ2n) is 16.0. The maximum atomic E-state index is 14.1. The van der Waals surface area contributed by atoms with Crippen molar-refractivity contribution in [2.75, 3.05) is 32.7 Å². The zero-order valence-electron chi connectivity index (χ0n) is 36.2. The number of hydrogen-bond donors (Lipinski definition) is 5. The molecule has 27 heteroatoms. The van der Waals surface area contributed by atoms with Gasteiger partial charge in [-0.25, -0.2) is 27.8 Å². The third-order valence-electron chi connectivity index (χ3n) is 10.9. The SMILES string of the molecule is Cc1cc(C)c2cccc(OCc3c(Cl)ccc(S(=O)(=O)NC4(C(=O)N5CCC(CN6CCC(N)CC6)CC5)CCCC4)c3Cl)c2n1.O=C(O)C(F)(F)F.O=C(O)C(F)(F)F.O=C(O)C(F)(F)F. The molecule has 2 saturated heterocycles. The second kappa shape index (κ2) is 23.7. The molecule has 380 valence electrons. The van der Waals surface area contributed by atoms with Gasteiger partial charge < -0.3 is 35.6 Å². The molecule has 2 aromatic carbocycles. The molecule has 3 aliphatic rings. The number of carbonyl (C=O) groups excluding carboxylic acids is 1. The number of fused-ring (bicyclic) bond motifs is 1. The van der Waals surface area contributed by atoms with Gasteiger partial charge in [-0.2, -0.15) is 44.2 Å². The van der Waals surface area contributed by atoms with Crippen molar-refractivity contribution >= 4 is 67.9 Å². The monoisotopic (exact) mass is 1040 g/mol. The molecule has 3 fully saturated rings. The third-order valence-corrected chi connectivity index (χ3v) is 13.4. The van der Waals surface area contributed by atoms with Crippen molar-refractivity contribution in [3.8, 4) is 5.75 Å². The zero-order valence-corrected chi connectivity index (χ0v) is 38.5. The van der Waals surface area contributed by atoms with E-state index in [-0.39, 0.29) is 27.5 Å². The lowest BCUT2D eigenvalue weighted by Crippen LogP contribution is -2.59. The Morgan fingerprint density at radius 1 is 0.824 bits per heavy atom. The van der Waals surface area contributed by atoms with Crippen LogP contribution in [0.2, 0.25) is 10.0 Å². The molecular weight excluding hydrogens is 996 g/mol. The lowest BCUT2D eigenvalue weighted by Gasteiger charge is -2.40. The first-order valence-corrected chi connectivity index (χ1v) is 22.7. The maximum absolute atomic E-state index is 14.1. The van der Waals surface area contributed by atoms with Crippen LogP contribution in [-0.4, -0.2) is 125 Å². The number of pyridine rings is 1. The van der Waals surface area contributed by atoms with Gasteiger partial charge in [0.25, 0.3) is 0 Å². The van der Waals surface area contributed by atoms with E-state index < -0.39 is 52.0 Å². The normalized spacial score (nSPS) is 17.2. The molecule has 15 nitrogen and oxygen atoms in total. The molecule has 3 aromatic rings. The molecule has 3 heterocycles. The highest BCUT2D eigenvalue weighted by molar-refractivity contribution is 7.89. The molecule has 0 unspecified atom stereocenters. The first kappa shape index (κ1) is 57.6. The molecule has 1 aromatic heterocycles. The van der Waals surface area contributed by atoms with Crippen LogP contribution in [-0.2, 0) is 35.8 Å². The van der Waals surface area contributed by atoms with E-state index in [1.807, 2.05) is 43.0 Å². The number of piperidine rings is 2. The summed E-state index contributed by atoms with van der Waals surface area (Å²) in [6.45, 7) is 8.25. The summed E-state index contributed by atoms with van der Waals surface area (Å²) in [5.41, 5.74) is 7.89. The average molecular weight is 1040 g/mol. The fourth-order valence-electron chi connectivity index (χ4n) is 7.51. The minimum Gasteiger partial charge on any atom is -0.487 e. The number of rotatable bonds is 9. The Morgan fingerprint density at radius 2 is 1.32 bits per heavy atom. The van der Waals surface area contributed by atoms with Crippen molar-refractivity contribution in [1.82, 2.24) is 19.5 Å². The average Bonchev–Trinajstić information content (AvgIpc) is 3.70. The van der Waals surface area contributed by atoms with Gasteiger partial charge in [-0.05, 0) is 101 Å². The van der Waals surface area contributed by atoms with Gasteiger partial charge in [0.1, 0.15) is 28.3 Å². The van der Waals surface area contributed by atoms with Crippen molar-refractivity contribution in [2.24, 2.45) is 11.7 Å². The first-order chi connectivity index (χ1) is 31.3. The van der Waals surface area contributed by atoms with Crippen molar-refractivity contribution in [3.05, 3.63) is 63.3 Å². The van der Waals surface area contributed by atoms with Crippen LogP contribution in [0.3, 0.4) is 0 Å². The smallest absolute Gasteiger partial charge is 0.487 e. The van der Waals surface area contributed by atoms with Crippen molar-refractivity contribution in [1.29, 1.82) is 0 Å². The summed E-state index contributed by atoms with van der Waals surface area (Å²) in [6.07, 6.45) is -8.91. The molecule has 68 heavy (non-hydrogen) atoms. The number of carbonyl (C=O) groups is 4. The summed E-state index contributed by atoms with van der Waals surface area (Å²) >= 11 is 13.3. The maximum Gasteiger partial charge on any atom is 0.490 e. The second-order valence-corrected chi connectivity index (χ2v) is 18.5. The number of carboxylic acid groups (broad SMARTS) is 3. The van der Waals surface area contributed by atoms with E-state index >= 15 is 0 Å². The number of aliphatic carboxylic acids is 3. The van der Waals surface area contributed by atoms with E-state index in [0.29, 0.717) is 54.7 Å². The third kappa shape index (κ3) is 16.5. The van der Waals surface area contributed by atoms with Crippen LogP contribution in [0.25, 0.3) is 10.9 Å². The van der Waals surface area contributed by atoms with Gasteiger partial charge in [0.15, 0.2) is 0 Å². The number of hydrogen-bond acceptors (Lipinski definition) is 10. The highest BCUT2D eigenvalue weighted by Gasteiger charge is 2.48. The number of ether oxygens (including phenoxy) is 1. The molecular formula is C41H48Cl2F9N5O10S. The van der Waals surface area contributed by atoms with E-state index in [1.165, 1.54) is 12.1 Å². The fraction of sp³-hybridized carbons (Fsp3) is 0.537. The van der Waals surface area contributed by atoms with Crippen LogP contribution >= 0.6 is 23.2 Å². The zero-order chi connectivity index (χ0) is 51.6. The summed E-state index contributed by atoms with van der Waals surface area (Å²) in [5, 5.41) is 22.6. The van der Waals surface area contributed by atoms with Crippen LogP contribution in [0.1, 0.15) is 68.2 Å². The van der Waals surface area contributed by atoms with Crippen LogP contribution in [0.4, 0.5) is 39.5 Å². The van der Waals surface area contributed by atoms with E-state index in [0.717, 1.165) is 74.8 Å². The molecule has 0 radical (unpaired) electrons. The number of halogens is 11. The van der Waals surface area contributed by atoms with Gasteiger partial charge in [-0.3, -0.25) is 4.79 Å². The Labute approximate surface area is 393 Å². The highest BCUT2D eigenvalue weighted by atomic mass is 35.5. The van der Waals surface area contributed by atoms with Gasteiger partial charge in [-0.15, -0.1) is 0 Å². The Bertz CT molecular complexity index is 2310. The number of nitrogens with two attached hydrogens (primary N) is 1. The minimum absolute atomic E-state index is 0.0226. The van der Waals surface area contributed by atoms with E-state index in [2.05, 4.69) is 14.6 Å². The van der Waals surface area contributed by atoms with Crippen molar-refractivity contribution < 1.29 is 87.2 Å². The molecule has 0 spiro atoms. The molecule has 6 N–H and O–H groups in total. The summed E-state index contributed by atoms with van der Waals surface area (Å²) in [4.78, 5) is 49.7. The topological polar surface area (TPSA) is 230 Å². The number of amides is 1. The minimum atomic E-state index is -5.08. The van der Waals surface area contributed by atoms with Crippen molar-refractivity contribution in [2.45, 2.75) is 107 Å². The van der Waals surface area contributed by atoms with Crippen LogP contribution in [0.5, 0.6) is 5.75 Å². The Balaban J connectivity index is 0.000000485. The summed E-state index contributed by atoms with van der Waals surface area (Å²) in [6, 6.07) is 10.9. The summed E-state index contributed by atoms with van der Waals surface area (Å²) < 4.78 is 132. The Morgan fingerprint density at radius 3 is 1.81 bits per heavy atom. The summed E-state index contributed by atoms with van der Waals surface area (Å²) in [5.74, 6) is -7.33. The van der Waals surface area contributed by atoms with Crippen molar-refractivity contribution in [3.63, 3.8) is 0 Å². The number of alkyl halides is 9. The number of aromatic nitrogens is 1. The van der Waals surface area contributed by atoms with E-state index in [9.17, 15) is 52.7 Å². The number of nitrogens with one attached hydrogen (secondary N) is 1. The van der Waals surface area contributed by atoms with Crippen LogP contribution in [0.15, 0.2) is 41.3 Å². The van der Waals surface area contributed by atoms with Gasteiger partial charge in [0, 0.05) is 47.3 Å². The predicted molar refractivity (Wildman–Crippen MR) is 228 cm³/mol. The van der Waals surface area contributed by atoms with Crippen LogP contribution < -0.4 is 15.2 Å². The molecule has 0 bridgehead atoms. The first-order valence-electron chi connectivity index (χ1n) is 20.5. The molecule has 1 saturated carbocycles. The highest BCUT2D eigenvalue weighted by Crippen LogP contribution is 2.38. The fourth-order valence-corrected chi connectivity index (χ4v) is 9.82. The molecule has 1 amide bonds. The Kier molecular flexibility index (Phi) is 20.1. The van der Waals surface area contributed by atoms with Gasteiger partial charge in [0.2, 0.25) is 15.9 Å². The quantitative estimate of drug-likeness (QED) is 0.129. The lowest BCUT2D eigenvalue weighted by molar-refractivity contribution is -0.193. The standard InChI is InChI=1S/C35H45Cl2N5O4S.3C2HF3O2/c1-23-20-24(2)39-33-27(23)6-5-7-30(33)46-22-28-29(36)8-9-31(32(28)37)47(44,45)40-35(14-3-4-15-35)34(43)42-18-10-25(11-19-42)21-41-16-12-26(38)13-17-41;3*3-2(4,5)1(6)7/h5-9,20,25-26,40H,3-4,10-19,21-22,38H2,1-2H3;3*(H,6,7). The number of aryl methyl sites for hydroxylation is 2. The van der Waals surface area contributed by atoms with Gasteiger partial charge in [-0.1, -0.05) is 48.2 Å². The number of benzene rings is 2. The van der Waals surface area contributed by atoms with E-state index in [4.69, 9.17) is 63.4 Å². The number of para-hydroxylation sites is 1. The van der Waals surface area contributed by atoms with Gasteiger partial charge in [0.05, 0.1) is 5.02 Å². The predicted octanol–water partition coefficient (Wildman–Crippen LogP) is 7.89. The molecule has 2 aliphatic heterocycles. The van der Waals surface area contributed by atoms with Crippen LogP contribution in [0, 0.1) is 19.8 Å².